The number of nitrogens with zero attached hydrogens (tertiary/aromatic N) is 2. The highest BCUT2D eigenvalue weighted by Gasteiger charge is 2.42. The lowest BCUT2D eigenvalue weighted by Crippen LogP contribution is -2.55. The van der Waals surface area contributed by atoms with Gasteiger partial charge < -0.3 is 10.2 Å². The SMILES string of the molecule is CN1C(=O)[C@@H](NCC(=O)Nc2ccc3c(c2)CC2CCC(C3)C2NS(=O)(=O)c2ccc(Cl)s2)N(C)C(c2ccccc2)c2ccccc21. The minimum absolute atomic E-state index is 0.0647. The second-order valence-corrected chi connectivity index (χ2v) is 16.6. The monoisotopic (exact) mass is 703 g/mol. The van der Waals surface area contributed by atoms with Crippen molar-refractivity contribution < 1.29 is 18.0 Å². The minimum atomic E-state index is -3.67. The molecular weight excluding hydrogens is 666 g/mol. The van der Waals surface area contributed by atoms with E-state index in [2.05, 4.69) is 27.5 Å². The van der Waals surface area contributed by atoms with Gasteiger partial charge in [-0.05, 0) is 97.2 Å². The van der Waals surface area contributed by atoms with Crippen LogP contribution in [0, 0.1) is 11.8 Å². The predicted molar refractivity (Wildman–Crippen MR) is 190 cm³/mol. The lowest BCUT2D eigenvalue weighted by atomic mass is 9.93. The number of fused-ring (bicyclic) bond motifs is 4. The van der Waals surface area contributed by atoms with Gasteiger partial charge >= 0.3 is 0 Å². The molecule has 1 fully saturated rings. The standard InChI is InChI=1S/C36H38ClN5O4S2/c1-41-29-11-7-6-10-28(29)34(22-8-4-3-5-9-22)42(2)35(36(41)44)38-21-31(43)39-27-15-14-23-18-24-12-13-25(19-26(23)20-27)33(24)40-48(45,46)32-17-16-30(37)47-32/h3-11,14-17,20,24-25,33-35,38,40H,12-13,18-19,21H2,1-2H3,(H,39,43)/t24?,25?,33?,34?,35-/m0/s1. The molecule has 2 bridgehead atoms. The second-order valence-electron chi connectivity index (χ2n) is 13.0. The number of nitrogens with one attached hydrogen (secondary N) is 3. The molecule has 48 heavy (non-hydrogen) atoms. The molecule has 250 valence electrons. The smallest absolute Gasteiger partial charge is 0.258 e. The van der Waals surface area contributed by atoms with Gasteiger partial charge in [0.2, 0.25) is 15.9 Å². The Morgan fingerprint density at radius 2 is 1.62 bits per heavy atom. The van der Waals surface area contributed by atoms with E-state index in [0.717, 1.165) is 59.4 Å². The van der Waals surface area contributed by atoms with Crippen LogP contribution in [0.15, 0.2) is 89.1 Å². The van der Waals surface area contributed by atoms with Crippen molar-refractivity contribution in [3.63, 3.8) is 0 Å². The summed E-state index contributed by atoms with van der Waals surface area (Å²) in [6, 6.07) is 26.7. The Hall–Kier alpha value is -3.58. The van der Waals surface area contributed by atoms with Gasteiger partial charge in [-0.3, -0.25) is 19.8 Å². The van der Waals surface area contributed by atoms with E-state index >= 15 is 0 Å². The molecule has 12 heteroatoms. The summed E-state index contributed by atoms with van der Waals surface area (Å²) in [6.07, 6.45) is 2.66. The fourth-order valence-corrected chi connectivity index (χ4v) is 10.6. The van der Waals surface area contributed by atoms with Gasteiger partial charge in [-0.15, -0.1) is 11.3 Å². The molecule has 0 saturated heterocycles. The van der Waals surface area contributed by atoms with Crippen molar-refractivity contribution >= 4 is 56.2 Å². The number of halogens is 1. The van der Waals surface area contributed by atoms with Crippen molar-refractivity contribution in [2.24, 2.45) is 11.8 Å². The van der Waals surface area contributed by atoms with Crippen LogP contribution in [0.25, 0.3) is 0 Å². The normalized spacial score (nSPS) is 24.0. The highest BCUT2D eigenvalue weighted by Crippen LogP contribution is 2.42. The number of para-hydroxylation sites is 1. The Bertz CT molecular complexity index is 1950. The van der Waals surface area contributed by atoms with Crippen LogP contribution in [-0.2, 0) is 32.5 Å². The van der Waals surface area contributed by atoms with Crippen LogP contribution >= 0.6 is 22.9 Å². The first-order chi connectivity index (χ1) is 23.1. The summed E-state index contributed by atoms with van der Waals surface area (Å²) >= 11 is 7.08. The van der Waals surface area contributed by atoms with Crippen LogP contribution in [0.3, 0.4) is 0 Å². The molecule has 0 spiro atoms. The molecule has 3 aliphatic rings. The zero-order chi connectivity index (χ0) is 33.6. The first kappa shape index (κ1) is 32.9. The van der Waals surface area contributed by atoms with Gasteiger partial charge in [0.15, 0.2) is 0 Å². The highest BCUT2D eigenvalue weighted by atomic mass is 35.5. The number of hydrogen-bond acceptors (Lipinski definition) is 7. The molecule has 4 aromatic rings. The van der Waals surface area contributed by atoms with Crippen molar-refractivity contribution in [3.8, 4) is 0 Å². The number of rotatable bonds is 8. The van der Waals surface area contributed by atoms with Gasteiger partial charge in [0.05, 0.1) is 16.9 Å². The molecule has 2 aliphatic carbocycles. The lowest BCUT2D eigenvalue weighted by Gasteiger charge is -2.33. The van der Waals surface area contributed by atoms with Gasteiger partial charge in [-0.1, -0.05) is 66.2 Å². The topological polar surface area (TPSA) is 111 Å². The molecule has 3 N–H and O–H groups in total. The Morgan fingerprint density at radius 3 is 2.35 bits per heavy atom. The number of sulfonamides is 1. The fourth-order valence-electron chi connectivity index (χ4n) is 7.70. The third-order valence-corrected chi connectivity index (χ3v) is 13.2. The maximum atomic E-state index is 13.8. The molecule has 2 amide bonds. The molecule has 3 aromatic carbocycles. The van der Waals surface area contributed by atoms with E-state index in [4.69, 9.17) is 11.6 Å². The van der Waals surface area contributed by atoms with Crippen LogP contribution in [0.1, 0.15) is 41.1 Å². The first-order valence-electron chi connectivity index (χ1n) is 16.1. The molecule has 7 rings (SSSR count). The van der Waals surface area contributed by atoms with Crippen molar-refractivity contribution in [1.29, 1.82) is 0 Å². The van der Waals surface area contributed by atoms with E-state index in [1.807, 2.05) is 72.6 Å². The molecule has 1 aliphatic heterocycles. The summed E-state index contributed by atoms with van der Waals surface area (Å²) in [7, 11) is 0.0105. The summed E-state index contributed by atoms with van der Waals surface area (Å²) in [4.78, 5) is 30.7. The Morgan fingerprint density at radius 1 is 0.917 bits per heavy atom. The number of carbonyl (C=O) groups is 2. The van der Waals surface area contributed by atoms with Crippen molar-refractivity contribution in [1.82, 2.24) is 14.9 Å². The van der Waals surface area contributed by atoms with Gasteiger partial charge in [-0.25, -0.2) is 13.1 Å². The van der Waals surface area contributed by atoms with E-state index in [0.29, 0.717) is 10.0 Å². The van der Waals surface area contributed by atoms with Crippen LogP contribution < -0.4 is 20.3 Å². The summed E-state index contributed by atoms with van der Waals surface area (Å²) in [5, 5.41) is 6.25. The average molecular weight is 704 g/mol. The number of likely N-dealkylation sites (N-methyl/N-ethyl adjacent to an activating group) is 2. The summed E-state index contributed by atoms with van der Waals surface area (Å²) in [5.74, 6) is -0.0513. The number of amides is 2. The quantitative estimate of drug-likeness (QED) is 0.226. The third-order valence-electron chi connectivity index (χ3n) is 10.0. The molecular formula is C36H38ClN5O4S2. The van der Waals surface area contributed by atoms with Crippen LogP contribution in [-0.4, -0.2) is 58.0 Å². The predicted octanol–water partition coefficient (Wildman–Crippen LogP) is 5.43. The lowest BCUT2D eigenvalue weighted by molar-refractivity contribution is -0.125. The maximum Gasteiger partial charge on any atom is 0.258 e. The first-order valence-corrected chi connectivity index (χ1v) is 18.8. The van der Waals surface area contributed by atoms with E-state index in [-0.39, 0.29) is 46.5 Å². The van der Waals surface area contributed by atoms with Crippen LogP contribution in [0.2, 0.25) is 4.34 Å². The molecule has 9 nitrogen and oxygen atoms in total. The van der Waals surface area contributed by atoms with Crippen LogP contribution in [0.4, 0.5) is 11.4 Å². The van der Waals surface area contributed by atoms with Gasteiger partial charge in [0.25, 0.3) is 5.91 Å². The number of anilines is 2. The second kappa shape index (κ2) is 13.4. The van der Waals surface area contributed by atoms with E-state index in [1.54, 1.807) is 24.1 Å². The minimum Gasteiger partial charge on any atom is -0.325 e. The number of hydrogen-bond donors (Lipinski definition) is 3. The molecule has 2 heterocycles. The zero-order valence-electron chi connectivity index (χ0n) is 26.7. The fraction of sp³-hybridized carbons (Fsp3) is 0.333. The number of thiophene rings is 1. The summed E-state index contributed by atoms with van der Waals surface area (Å²) < 4.78 is 30.0. The molecule has 4 unspecified atom stereocenters. The maximum absolute atomic E-state index is 13.8. The van der Waals surface area contributed by atoms with E-state index < -0.39 is 16.2 Å². The van der Waals surface area contributed by atoms with Crippen molar-refractivity contribution in [2.45, 2.75) is 48.1 Å². The average Bonchev–Trinajstić information content (AvgIpc) is 3.62. The zero-order valence-corrected chi connectivity index (χ0v) is 29.1. The van der Waals surface area contributed by atoms with Gasteiger partial charge in [-0.2, -0.15) is 0 Å². The van der Waals surface area contributed by atoms with Gasteiger partial charge in [0.1, 0.15) is 10.4 Å². The number of carbonyl (C=O) groups excluding carboxylic acids is 2. The summed E-state index contributed by atoms with van der Waals surface area (Å²) in [5.41, 5.74) is 5.89. The summed E-state index contributed by atoms with van der Waals surface area (Å²) in [6.45, 7) is -0.0647. The number of benzene rings is 3. The third kappa shape index (κ3) is 6.43. The van der Waals surface area contributed by atoms with E-state index in [9.17, 15) is 18.0 Å². The van der Waals surface area contributed by atoms with Crippen molar-refractivity contribution in [3.05, 3.63) is 112 Å². The molecule has 5 atom stereocenters. The van der Waals surface area contributed by atoms with Crippen molar-refractivity contribution in [2.75, 3.05) is 30.9 Å². The molecule has 0 radical (unpaired) electrons. The molecule has 1 saturated carbocycles. The Balaban J connectivity index is 1.04. The Labute approximate surface area is 290 Å². The van der Waals surface area contributed by atoms with Gasteiger partial charge in [0, 0.05) is 24.5 Å². The Kier molecular flexibility index (Phi) is 9.18. The molecule has 1 aromatic heterocycles. The largest absolute Gasteiger partial charge is 0.325 e. The highest BCUT2D eigenvalue weighted by molar-refractivity contribution is 7.91. The van der Waals surface area contributed by atoms with Crippen LogP contribution in [0.5, 0.6) is 0 Å². The van der Waals surface area contributed by atoms with E-state index in [1.165, 1.54) is 5.56 Å².